The molecule has 1 N–H and O–H groups in total. The first-order chi connectivity index (χ1) is 11.9. The summed E-state index contributed by atoms with van der Waals surface area (Å²) < 4.78 is 23.8. The summed E-state index contributed by atoms with van der Waals surface area (Å²) in [7, 11) is -3.06. The predicted molar refractivity (Wildman–Crippen MR) is 100 cm³/mol. The number of carboxylic acids is 1. The van der Waals surface area contributed by atoms with Crippen LogP contribution in [-0.2, 0) is 19.4 Å². The van der Waals surface area contributed by atoms with Crippen molar-refractivity contribution >= 4 is 34.1 Å². The third-order valence-electron chi connectivity index (χ3n) is 5.84. The molecule has 0 aromatic rings. The van der Waals surface area contributed by atoms with Gasteiger partial charge in [0, 0.05) is 12.1 Å². The molecule has 0 aromatic heterocycles. The Morgan fingerprint density at radius 1 is 1.00 bits per heavy atom. The number of hydrogen-bond acceptors (Lipinski definition) is 5. The van der Waals surface area contributed by atoms with Crippen LogP contribution in [0.15, 0.2) is 0 Å². The van der Waals surface area contributed by atoms with Gasteiger partial charge in [-0.1, -0.05) is 19.3 Å². The van der Waals surface area contributed by atoms with Gasteiger partial charge in [0.2, 0.25) is 5.91 Å². The van der Waals surface area contributed by atoms with Crippen molar-refractivity contribution in [3.05, 3.63) is 0 Å². The highest BCUT2D eigenvalue weighted by Crippen LogP contribution is 2.30. The highest BCUT2D eigenvalue weighted by molar-refractivity contribution is 7.91. The number of likely N-dealkylation sites (tertiary alicyclic amines) is 1. The first-order valence-electron chi connectivity index (χ1n) is 9.36. The van der Waals surface area contributed by atoms with Crippen LogP contribution in [0.3, 0.4) is 0 Å². The monoisotopic (exact) mass is 408 g/mol. The fourth-order valence-electron chi connectivity index (χ4n) is 4.60. The van der Waals surface area contributed by atoms with Crippen LogP contribution in [0.2, 0.25) is 0 Å². The fourth-order valence-corrected chi connectivity index (χ4v) is 6.31. The molecule has 26 heavy (non-hydrogen) atoms. The molecule has 1 saturated carbocycles. The van der Waals surface area contributed by atoms with Gasteiger partial charge in [-0.15, -0.1) is 12.4 Å². The number of halogens is 1. The molecule has 3 aliphatic rings. The van der Waals surface area contributed by atoms with E-state index in [0.717, 1.165) is 38.5 Å². The number of nitrogens with zero attached hydrogens (tertiary/aromatic N) is 2. The molecule has 0 spiro atoms. The summed E-state index contributed by atoms with van der Waals surface area (Å²) in [5.41, 5.74) is 0. The Balaban J connectivity index is 0.00000243. The maximum absolute atomic E-state index is 13.1. The highest BCUT2D eigenvalue weighted by atomic mass is 35.5. The lowest BCUT2D eigenvalue weighted by molar-refractivity contribution is -0.147. The lowest BCUT2D eigenvalue weighted by Gasteiger charge is -2.38. The Kier molecular flexibility index (Phi) is 7.33. The summed E-state index contributed by atoms with van der Waals surface area (Å²) in [6.45, 7) is 0.703. The molecule has 0 aromatic carbocycles. The van der Waals surface area contributed by atoms with Crippen LogP contribution in [0, 0.1) is 0 Å². The van der Waals surface area contributed by atoms with E-state index in [2.05, 4.69) is 0 Å². The molecular formula is C17H29ClN2O5S. The molecule has 2 heterocycles. The molecule has 2 atom stereocenters. The number of carboxylic acid groups (broad SMARTS) is 1. The minimum absolute atomic E-state index is 0. The number of hydrogen-bond donors (Lipinski definition) is 1. The van der Waals surface area contributed by atoms with Gasteiger partial charge in [0.05, 0.1) is 18.1 Å². The number of amides is 1. The molecule has 150 valence electrons. The number of piperidine rings is 1. The molecule has 3 rings (SSSR count). The van der Waals surface area contributed by atoms with Crippen LogP contribution in [0.1, 0.15) is 51.4 Å². The van der Waals surface area contributed by atoms with Gasteiger partial charge in [0.25, 0.3) is 0 Å². The number of sulfone groups is 1. The minimum atomic E-state index is -3.06. The average Bonchev–Trinajstić information content (AvgIpc) is 3.18. The lowest BCUT2D eigenvalue weighted by atomic mass is 10.0. The van der Waals surface area contributed by atoms with Gasteiger partial charge >= 0.3 is 5.97 Å². The largest absolute Gasteiger partial charge is 0.480 e. The molecule has 1 amide bonds. The third-order valence-corrected chi connectivity index (χ3v) is 7.60. The summed E-state index contributed by atoms with van der Waals surface area (Å²) in [4.78, 5) is 28.1. The van der Waals surface area contributed by atoms with Gasteiger partial charge in [0.1, 0.15) is 6.04 Å². The summed E-state index contributed by atoms with van der Waals surface area (Å²) in [5.74, 6) is -0.766. The molecule has 1 aliphatic carbocycles. The first kappa shape index (κ1) is 21.4. The molecule has 7 nitrogen and oxygen atoms in total. The molecule has 0 radical (unpaired) electrons. The molecule has 2 saturated heterocycles. The zero-order chi connectivity index (χ0) is 18.0. The zero-order valence-corrected chi connectivity index (χ0v) is 16.6. The second-order valence-electron chi connectivity index (χ2n) is 7.62. The van der Waals surface area contributed by atoms with E-state index in [-0.39, 0.29) is 48.4 Å². The normalized spacial score (nSPS) is 29.2. The van der Waals surface area contributed by atoms with Crippen LogP contribution < -0.4 is 0 Å². The third kappa shape index (κ3) is 4.89. The maximum atomic E-state index is 13.1. The molecular weight excluding hydrogens is 380 g/mol. The van der Waals surface area contributed by atoms with Crippen LogP contribution in [0.5, 0.6) is 0 Å². The number of carbonyl (C=O) groups is 2. The summed E-state index contributed by atoms with van der Waals surface area (Å²) in [6.07, 6.45) is 6.82. The average molecular weight is 409 g/mol. The van der Waals surface area contributed by atoms with Crippen molar-refractivity contribution in [2.75, 3.05) is 24.6 Å². The van der Waals surface area contributed by atoms with Crippen LogP contribution in [0.25, 0.3) is 0 Å². The minimum Gasteiger partial charge on any atom is -0.480 e. The van der Waals surface area contributed by atoms with E-state index in [4.69, 9.17) is 0 Å². The smallest absolute Gasteiger partial charge is 0.320 e. The first-order valence-corrected chi connectivity index (χ1v) is 11.2. The van der Waals surface area contributed by atoms with Crippen molar-refractivity contribution in [1.29, 1.82) is 0 Å². The highest BCUT2D eigenvalue weighted by Gasteiger charge is 2.40. The fraction of sp³-hybridized carbons (Fsp3) is 0.882. The Labute approximate surface area is 161 Å². The second kappa shape index (κ2) is 8.89. The van der Waals surface area contributed by atoms with Gasteiger partial charge in [-0.2, -0.15) is 0 Å². The Hall–Kier alpha value is -0.860. The standard InChI is InChI=1S/C17H28N2O5S.ClH/c20-16(11-18-9-4-3-7-15(18)17(21)22)19(13-5-1-2-6-13)14-8-10-25(23,24)12-14;/h13-15H,1-12H2,(H,21,22);1H. The SMILES string of the molecule is Cl.O=C(O)C1CCCCN1CC(=O)N(C1CCCC1)C1CCS(=O)(=O)C1. The number of aliphatic carboxylic acids is 1. The van der Waals surface area contributed by atoms with Crippen molar-refractivity contribution in [3.63, 3.8) is 0 Å². The van der Waals surface area contributed by atoms with Crippen molar-refractivity contribution < 1.29 is 23.1 Å². The second-order valence-corrected chi connectivity index (χ2v) is 9.85. The van der Waals surface area contributed by atoms with Gasteiger partial charge in [-0.3, -0.25) is 14.5 Å². The van der Waals surface area contributed by atoms with E-state index < -0.39 is 21.8 Å². The Morgan fingerprint density at radius 3 is 2.23 bits per heavy atom. The van der Waals surface area contributed by atoms with Gasteiger partial charge in [0.15, 0.2) is 9.84 Å². The van der Waals surface area contributed by atoms with Crippen molar-refractivity contribution in [1.82, 2.24) is 9.80 Å². The van der Waals surface area contributed by atoms with Gasteiger partial charge in [-0.05, 0) is 38.6 Å². The van der Waals surface area contributed by atoms with Crippen molar-refractivity contribution in [3.8, 4) is 0 Å². The van der Waals surface area contributed by atoms with Gasteiger partial charge in [-0.25, -0.2) is 8.42 Å². The topological polar surface area (TPSA) is 95.0 Å². The van der Waals surface area contributed by atoms with Crippen molar-refractivity contribution in [2.45, 2.75) is 69.5 Å². The van der Waals surface area contributed by atoms with Crippen LogP contribution >= 0.6 is 12.4 Å². The summed E-state index contributed by atoms with van der Waals surface area (Å²) in [6, 6.07) is -0.733. The molecule has 9 heteroatoms. The molecule has 3 fully saturated rings. The van der Waals surface area contributed by atoms with Gasteiger partial charge < -0.3 is 10.0 Å². The van der Waals surface area contributed by atoms with Crippen molar-refractivity contribution in [2.24, 2.45) is 0 Å². The van der Waals surface area contributed by atoms with Crippen LogP contribution in [0.4, 0.5) is 0 Å². The van der Waals surface area contributed by atoms with E-state index in [1.54, 1.807) is 4.90 Å². The Morgan fingerprint density at radius 2 is 1.65 bits per heavy atom. The van der Waals surface area contributed by atoms with E-state index in [1.807, 2.05) is 4.90 Å². The quantitative estimate of drug-likeness (QED) is 0.736. The number of rotatable bonds is 5. The lowest BCUT2D eigenvalue weighted by Crippen LogP contribution is -2.54. The summed E-state index contributed by atoms with van der Waals surface area (Å²) in [5, 5.41) is 9.41. The maximum Gasteiger partial charge on any atom is 0.320 e. The Bertz CT molecular complexity index is 621. The van der Waals surface area contributed by atoms with E-state index in [9.17, 15) is 23.1 Å². The number of carbonyl (C=O) groups excluding carboxylic acids is 1. The molecule has 0 bridgehead atoms. The molecule has 2 unspecified atom stereocenters. The van der Waals surface area contributed by atoms with E-state index >= 15 is 0 Å². The van der Waals surface area contributed by atoms with E-state index in [1.165, 1.54) is 0 Å². The summed E-state index contributed by atoms with van der Waals surface area (Å²) >= 11 is 0. The molecule has 2 aliphatic heterocycles. The zero-order valence-electron chi connectivity index (χ0n) is 15.0. The predicted octanol–water partition coefficient (Wildman–Crippen LogP) is 1.31. The van der Waals surface area contributed by atoms with Crippen LogP contribution in [-0.4, -0.2) is 77.9 Å². The van der Waals surface area contributed by atoms with E-state index in [0.29, 0.717) is 19.4 Å².